The van der Waals surface area contributed by atoms with E-state index in [4.69, 9.17) is 15.8 Å². The number of aromatic amines is 1. The van der Waals surface area contributed by atoms with E-state index in [-0.39, 0.29) is 5.88 Å². The zero-order chi connectivity index (χ0) is 10.9. The number of nitrogens with zero attached hydrogens (tertiary/aromatic N) is 1. The SMILES string of the molecule is COc1n[nH]c(C(=O)O)c1S(=O)(=O)Cl. The molecule has 1 rings (SSSR count). The predicted molar refractivity (Wildman–Crippen MR) is 45.1 cm³/mol. The van der Waals surface area contributed by atoms with Crippen LogP contribution in [0.5, 0.6) is 5.88 Å². The fourth-order valence-electron chi connectivity index (χ4n) is 0.825. The zero-order valence-corrected chi connectivity index (χ0v) is 8.39. The summed E-state index contributed by atoms with van der Waals surface area (Å²) >= 11 is 0. The number of methoxy groups -OCH3 is 1. The number of nitrogens with one attached hydrogen (secondary N) is 1. The Labute approximate surface area is 83.1 Å². The van der Waals surface area contributed by atoms with Crippen molar-refractivity contribution in [2.75, 3.05) is 7.11 Å². The molecule has 0 radical (unpaired) electrons. The molecule has 0 bridgehead atoms. The number of hydrogen-bond donors (Lipinski definition) is 2. The summed E-state index contributed by atoms with van der Waals surface area (Å²) < 4.78 is 26.5. The second kappa shape index (κ2) is 3.46. The maximum absolute atomic E-state index is 11.0. The molecule has 2 N–H and O–H groups in total. The first kappa shape index (κ1) is 10.8. The summed E-state index contributed by atoms with van der Waals surface area (Å²) in [5.74, 6) is -1.86. The Morgan fingerprint density at radius 3 is 2.57 bits per heavy atom. The van der Waals surface area contributed by atoms with E-state index in [1.165, 1.54) is 0 Å². The Hall–Kier alpha value is -1.28. The predicted octanol–water partition coefficient (Wildman–Crippen LogP) is 0.0440. The molecule has 14 heavy (non-hydrogen) atoms. The van der Waals surface area contributed by atoms with Crippen LogP contribution in [-0.4, -0.2) is 36.8 Å². The number of hydrogen-bond acceptors (Lipinski definition) is 5. The number of carbonyl (C=O) groups is 1. The van der Waals surface area contributed by atoms with Crippen LogP contribution in [0, 0.1) is 0 Å². The molecule has 0 fully saturated rings. The van der Waals surface area contributed by atoms with Gasteiger partial charge in [-0.3, -0.25) is 5.10 Å². The fraction of sp³-hybridized carbons (Fsp3) is 0.200. The maximum atomic E-state index is 11.0. The van der Waals surface area contributed by atoms with Gasteiger partial charge in [0.05, 0.1) is 7.11 Å². The topological polar surface area (TPSA) is 109 Å². The molecule has 9 heteroatoms. The van der Waals surface area contributed by atoms with Crippen LogP contribution in [0.2, 0.25) is 0 Å². The van der Waals surface area contributed by atoms with Crippen molar-refractivity contribution in [2.45, 2.75) is 4.90 Å². The highest BCUT2D eigenvalue weighted by Gasteiger charge is 2.29. The van der Waals surface area contributed by atoms with Crippen molar-refractivity contribution in [2.24, 2.45) is 0 Å². The first-order valence-electron chi connectivity index (χ1n) is 3.18. The highest BCUT2D eigenvalue weighted by molar-refractivity contribution is 8.13. The van der Waals surface area contributed by atoms with Gasteiger partial charge in [-0.1, -0.05) is 0 Å². The molecule has 1 aromatic rings. The van der Waals surface area contributed by atoms with Crippen LogP contribution in [0.15, 0.2) is 4.90 Å². The third-order valence-electron chi connectivity index (χ3n) is 1.34. The van der Waals surface area contributed by atoms with Gasteiger partial charge in [-0.25, -0.2) is 13.2 Å². The van der Waals surface area contributed by atoms with Crippen molar-refractivity contribution in [3.8, 4) is 5.88 Å². The highest BCUT2D eigenvalue weighted by Crippen LogP contribution is 2.27. The van der Waals surface area contributed by atoms with Crippen molar-refractivity contribution in [3.63, 3.8) is 0 Å². The van der Waals surface area contributed by atoms with E-state index in [1.807, 2.05) is 5.10 Å². The summed E-state index contributed by atoms with van der Waals surface area (Å²) in [5, 5.41) is 13.9. The second-order valence-electron chi connectivity index (χ2n) is 2.18. The zero-order valence-electron chi connectivity index (χ0n) is 6.81. The molecule has 78 valence electrons. The molecule has 0 unspecified atom stereocenters. The molecule has 0 atom stereocenters. The summed E-state index contributed by atoms with van der Waals surface area (Å²) in [7, 11) is 1.94. The summed E-state index contributed by atoms with van der Waals surface area (Å²) in [4.78, 5) is 9.88. The standard InChI is InChI=1S/C5H5ClN2O5S/c1-13-4-3(14(6,11)12)2(5(9)10)7-8-4/h1H3,(H,7,8)(H,9,10). The average molecular weight is 241 g/mol. The van der Waals surface area contributed by atoms with Crippen LogP contribution in [0.25, 0.3) is 0 Å². The van der Waals surface area contributed by atoms with Crippen LogP contribution >= 0.6 is 10.7 Å². The fourth-order valence-corrected chi connectivity index (χ4v) is 1.97. The van der Waals surface area contributed by atoms with E-state index < -0.39 is 25.6 Å². The lowest BCUT2D eigenvalue weighted by molar-refractivity contribution is 0.0686. The first-order valence-corrected chi connectivity index (χ1v) is 5.49. The largest absolute Gasteiger partial charge is 0.479 e. The smallest absolute Gasteiger partial charge is 0.355 e. The number of carboxylic acids is 1. The lowest BCUT2D eigenvalue weighted by Crippen LogP contribution is -2.04. The minimum Gasteiger partial charge on any atom is -0.479 e. The molecule has 0 amide bonds. The number of H-pyrrole nitrogens is 1. The van der Waals surface area contributed by atoms with Crippen molar-refractivity contribution < 1.29 is 23.1 Å². The van der Waals surface area contributed by atoms with Gasteiger partial charge >= 0.3 is 5.97 Å². The van der Waals surface area contributed by atoms with Gasteiger partial charge in [0.2, 0.25) is 0 Å². The van der Waals surface area contributed by atoms with E-state index in [9.17, 15) is 13.2 Å². The number of rotatable bonds is 3. The Morgan fingerprint density at radius 1 is 1.64 bits per heavy atom. The summed E-state index contributed by atoms with van der Waals surface area (Å²) in [6.07, 6.45) is 0. The average Bonchev–Trinajstić information content (AvgIpc) is 2.45. The van der Waals surface area contributed by atoms with E-state index in [2.05, 4.69) is 9.84 Å². The van der Waals surface area contributed by atoms with Gasteiger partial charge in [0.15, 0.2) is 10.6 Å². The quantitative estimate of drug-likeness (QED) is 0.722. The Bertz CT molecular complexity index is 464. The monoisotopic (exact) mass is 240 g/mol. The van der Waals surface area contributed by atoms with Gasteiger partial charge in [-0.15, -0.1) is 5.10 Å². The minimum absolute atomic E-state index is 0.377. The van der Waals surface area contributed by atoms with Crippen LogP contribution in [0.4, 0.5) is 0 Å². The third-order valence-corrected chi connectivity index (χ3v) is 2.67. The number of aromatic nitrogens is 2. The van der Waals surface area contributed by atoms with Crippen molar-refractivity contribution in [1.29, 1.82) is 0 Å². The molecule has 1 aromatic heterocycles. The lowest BCUT2D eigenvalue weighted by atomic mass is 10.4. The molecule has 7 nitrogen and oxygen atoms in total. The lowest BCUT2D eigenvalue weighted by Gasteiger charge is -1.96. The number of halogens is 1. The molecule has 0 saturated carbocycles. The van der Waals surface area contributed by atoms with Gasteiger partial charge < -0.3 is 9.84 Å². The van der Waals surface area contributed by atoms with Crippen molar-refractivity contribution >= 4 is 25.7 Å². The van der Waals surface area contributed by atoms with Crippen molar-refractivity contribution in [3.05, 3.63) is 5.69 Å². The van der Waals surface area contributed by atoms with Gasteiger partial charge in [-0.2, -0.15) is 0 Å². The molecule has 0 aromatic carbocycles. The minimum atomic E-state index is -4.21. The summed E-state index contributed by atoms with van der Waals surface area (Å²) in [6.45, 7) is 0. The Balaban J connectivity index is 3.50. The molecular weight excluding hydrogens is 236 g/mol. The second-order valence-corrected chi connectivity index (χ2v) is 4.68. The highest BCUT2D eigenvalue weighted by atomic mass is 35.7. The van der Waals surface area contributed by atoms with Gasteiger partial charge in [0.25, 0.3) is 14.9 Å². The summed E-state index contributed by atoms with van der Waals surface area (Å²) in [5.41, 5.74) is -0.628. The number of aromatic carboxylic acids is 1. The number of carboxylic acid groups (broad SMARTS) is 1. The number of ether oxygens (including phenoxy) is 1. The first-order chi connectivity index (χ1) is 6.38. The maximum Gasteiger partial charge on any atom is 0.355 e. The van der Waals surface area contributed by atoms with Gasteiger partial charge in [0.1, 0.15) is 0 Å². The molecule has 0 aliphatic heterocycles. The Kier molecular flexibility index (Phi) is 2.67. The van der Waals surface area contributed by atoms with Crippen LogP contribution in [-0.2, 0) is 9.05 Å². The van der Waals surface area contributed by atoms with Crippen molar-refractivity contribution in [1.82, 2.24) is 10.2 Å². The summed E-state index contributed by atoms with van der Waals surface area (Å²) in [6, 6.07) is 0. The molecule has 0 spiro atoms. The molecular formula is C5H5ClN2O5S. The van der Waals surface area contributed by atoms with E-state index >= 15 is 0 Å². The van der Waals surface area contributed by atoms with E-state index in [0.717, 1.165) is 7.11 Å². The third kappa shape index (κ3) is 1.80. The molecule has 0 saturated heterocycles. The van der Waals surface area contributed by atoms with E-state index in [0.29, 0.717) is 0 Å². The van der Waals surface area contributed by atoms with Crippen LogP contribution in [0.3, 0.4) is 0 Å². The van der Waals surface area contributed by atoms with Gasteiger partial charge in [0, 0.05) is 10.7 Å². The normalized spacial score (nSPS) is 11.3. The molecule has 1 heterocycles. The van der Waals surface area contributed by atoms with Crippen LogP contribution < -0.4 is 4.74 Å². The molecule has 0 aliphatic rings. The van der Waals surface area contributed by atoms with E-state index in [1.54, 1.807) is 0 Å². The van der Waals surface area contributed by atoms with Gasteiger partial charge in [-0.05, 0) is 0 Å². The van der Waals surface area contributed by atoms with Crippen LogP contribution in [0.1, 0.15) is 10.5 Å². The molecule has 0 aliphatic carbocycles. The Morgan fingerprint density at radius 2 is 2.21 bits per heavy atom.